The van der Waals surface area contributed by atoms with Crippen molar-refractivity contribution in [1.82, 2.24) is 5.32 Å². The van der Waals surface area contributed by atoms with E-state index in [1.165, 1.54) is 5.56 Å². The molecule has 0 aliphatic heterocycles. The number of nitrogens with one attached hydrogen (secondary N) is 1. The van der Waals surface area contributed by atoms with Crippen LogP contribution in [0.4, 0.5) is 13.2 Å². The van der Waals surface area contributed by atoms with E-state index in [9.17, 15) is 22.8 Å². The van der Waals surface area contributed by atoms with Crippen LogP contribution in [-0.4, -0.2) is 31.0 Å². The van der Waals surface area contributed by atoms with E-state index in [-0.39, 0.29) is 37.1 Å². The van der Waals surface area contributed by atoms with Crippen molar-refractivity contribution in [1.29, 1.82) is 0 Å². The third-order valence-corrected chi connectivity index (χ3v) is 6.58. The molecule has 38 heavy (non-hydrogen) atoms. The molecular weight excluding hydrogens is 491 g/mol. The molecule has 3 rings (SSSR count). The number of carbonyl (C=O) groups excluding carboxylic acids is 2. The van der Waals surface area contributed by atoms with Crippen molar-refractivity contribution in [3.63, 3.8) is 0 Å². The van der Waals surface area contributed by atoms with Gasteiger partial charge in [0.15, 0.2) is 0 Å². The molecule has 2 aromatic carbocycles. The number of allylic oxidation sites excluding steroid dienone is 2. The number of aldehydes is 1. The maximum absolute atomic E-state index is 12.8. The number of benzene rings is 2. The number of ether oxygens (including phenoxy) is 1. The van der Waals surface area contributed by atoms with E-state index in [0.717, 1.165) is 23.0 Å². The quantitative estimate of drug-likeness (QED) is 0.243. The van der Waals surface area contributed by atoms with E-state index in [1.807, 2.05) is 24.3 Å². The number of halogens is 3. The molecule has 1 unspecified atom stereocenters. The highest BCUT2D eigenvalue weighted by atomic mass is 19.4. The topological polar surface area (TPSA) is 55.4 Å². The second kappa shape index (κ2) is 12.9. The molecule has 0 saturated heterocycles. The van der Waals surface area contributed by atoms with E-state index in [1.54, 1.807) is 12.2 Å². The molecule has 1 aliphatic carbocycles. The Morgan fingerprint density at radius 2 is 1.61 bits per heavy atom. The van der Waals surface area contributed by atoms with Gasteiger partial charge in [0.05, 0.1) is 0 Å². The van der Waals surface area contributed by atoms with Crippen molar-refractivity contribution in [3.05, 3.63) is 77.4 Å². The van der Waals surface area contributed by atoms with Crippen LogP contribution in [0.25, 0.3) is 11.1 Å². The number of hydrogen-bond donors (Lipinski definition) is 1. The van der Waals surface area contributed by atoms with Gasteiger partial charge in [-0.3, -0.25) is 4.79 Å². The number of amides is 1. The maximum Gasteiger partial charge on any atom is 0.389 e. The second-order valence-electron chi connectivity index (χ2n) is 10.6. The third kappa shape index (κ3) is 8.89. The molecule has 1 amide bonds. The Morgan fingerprint density at radius 1 is 0.974 bits per heavy atom. The van der Waals surface area contributed by atoms with Crippen molar-refractivity contribution in [2.45, 2.75) is 77.0 Å². The Balaban J connectivity index is 1.72. The monoisotopic (exact) mass is 527 g/mol. The fourth-order valence-electron chi connectivity index (χ4n) is 4.33. The van der Waals surface area contributed by atoms with Crippen LogP contribution in [0.5, 0.6) is 5.75 Å². The lowest BCUT2D eigenvalue weighted by atomic mass is 9.86. The van der Waals surface area contributed by atoms with Crippen molar-refractivity contribution >= 4 is 12.2 Å². The summed E-state index contributed by atoms with van der Waals surface area (Å²) in [6.07, 6.45) is -0.00816. The number of rotatable bonds is 11. The van der Waals surface area contributed by atoms with Crippen molar-refractivity contribution in [3.8, 4) is 16.9 Å². The molecule has 7 heteroatoms. The molecule has 1 atom stereocenters. The van der Waals surface area contributed by atoms with E-state index in [2.05, 4.69) is 50.4 Å². The lowest BCUT2D eigenvalue weighted by molar-refractivity contribution is -0.136. The van der Waals surface area contributed by atoms with Gasteiger partial charge in [-0.15, -0.1) is 0 Å². The van der Waals surface area contributed by atoms with Crippen LogP contribution < -0.4 is 10.1 Å². The molecule has 0 aromatic heterocycles. The molecule has 0 spiro atoms. The third-order valence-electron chi connectivity index (χ3n) is 6.58. The predicted molar refractivity (Wildman–Crippen MR) is 144 cm³/mol. The smallest absolute Gasteiger partial charge is 0.389 e. The first-order valence-electron chi connectivity index (χ1n) is 13.0. The highest BCUT2D eigenvalue weighted by molar-refractivity contribution is 5.94. The van der Waals surface area contributed by atoms with Gasteiger partial charge < -0.3 is 14.8 Å². The minimum Gasteiger partial charge on any atom is -0.486 e. The van der Waals surface area contributed by atoms with Crippen LogP contribution in [0.3, 0.4) is 0 Å². The summed E-state index contributed by atoms with van der Waals surface area (Å²) in [4.78, 5) is 22.7. The summed E-state index contributed by atoms with van der Waals surface area (Å²) >= 11 is 0. The zero-order valence-electron chi connectivity index (χ0n) is 22.2. The minimum absolute atomic E-state index is 0.0491. The van der Waals surface area contributed by atoms with Gasteiger partial charge in [-0.25, -0.2) is 0 Å². The molecule has 0 radical (unpaired) electrons. The molecule has 0 saturated carbocycles. The first kappa shape index (κ1) is 29.2. The summed E-state index contributed by atoms with van der Waals surface area (Å²) in [5.41, 5.74) is 4.86. The summed E-state index contributed by atoms with van der Waals surface area (Å²) in [5, 5.41) is 2.69. The van der Waals surface area contributed by atoms with Gasteiger partial charge in [-0.2, -0.15) is 13.2 Å². The number of carbonyl (C=O) groups is 2. The molecule has 2 aromatic rings. The molecule has 1 aliphatic rings. The van der Waals surface area contributed by atoms with E-state index in [0.29, 0.717) is 24.2 Å². The van der Waals surface area contributed by atoms with E-state index in [4.69, 9.17) is 4.74 Å². The van der Waals surface area contributed by atoms with Gasteiger partial charge in [0, 0.05) is 25.0 Å². The van der Waals surface area contributed by atoms with Crippen molar-refractivity contribution < 1.29 is 27.5 Å². The van der Waals surface area contributed by atoms with Crippen LogP contribution >= 0.6 is 0 Å². The fraction of sp³-hybridized carbons (Fsp3) is 0.419. The normalized spacial score (nSPS) is 14.8. The Labute approximate surface area is 223 Å². The zero-order chi connectivity index (χ0) is 27.8. The first-order chi connectivity index (χ1) is 18.0. The van der Waals surface area contributed by atoms with E-state index >= 15 is 0 Å². The maximum atomic E-state index is 12.8. The number of alkyl halides is 3. The number of hydrogen-bond acceptors (Lipinski definition) is 3. The fourth-order valence-corrected chi connectivity index (χ4v) is 4.33. The second-order valence-corrected chi connectivity index (χ2v) is 10.6. The van der Waals surface area contributed by atoms with Crippen LogP contribution in [0, 0.1) is 0 Å². The standard InChI is InChI=1S/C31H36F3NO3/c1-30(2,3)26-15-11-22(12-16-26)23-13-17-27(18-14-23)38-28(6-4-19-31(32,33)34)24-7-9-25(10-8-24)29(37)35-20-5-21-36/h7,9,11-18,21,28H,4-6,8,10,19-20H2,1-3H3,(H,35,37). The van der Waals surface area contributed by atoms with Crippen LogP contribution in [-0.2, 0) is 15.0 Å². The molecular formula is C31H36F3NO3. The van der Waals surface area contributed by atoms with Gasteiger partial charge in [0.25, 0.3) is 0 Å². The Bertz CT molecular complexity index is 1140. The summed E-state index contributed by atoms with van der Waals surface area (Å²) in [5.74, 6) is 0.349. The molecule has 0 heterocycles. The molecule has 1 N–H and O–H groups in total. The van der Waals surface area contributed by atoms with Gasteiger partial charge in [0.1, 0.15) is 18.1 Å². The average molecular weight is 528 g/mol. The lowest BCUT2D eigenvalue weighted by Gasteiger charge is -2.25. The van der Waals surface area contributed by atoms with Crippen LogP contribution in [0.15, 0.2) is 71.8 Å². The molecule has 204 valence electrons. The highest BCUT2D eigenvalue weighted by Crippen LogP contribution is 2.31. The van der Waals surface area contributed by atoms with Crippen LogP contribution in [0.1, 0.15) is 64.9 Å². The Kier molecular flexibility index (Phi) is 9.95. The molecule has 0 fully saturated rings. The van der Waals surface area contributed by atoms with Gasteiger partial charge in [-0.1, -0.05) is 69.3 Å². The Morgan fingerprint density at radius 3 is 2.13 bits per heavy atom. The molecule has 0 bridgehead atoms. The first-order valence-corrected chi connectivity index (χ1v) is 13.0. The lowest BCUT2D eigenvalue weighted by Crippen LogP contribution is -2.28. The van der Waals surface area contributed by atoms with E-state index < -0.39 is 18.7 Å². The predicted octanol–water partition coefficient (Wildman–Crippen LogP) is 7.48. The average Bonchev–Trinajstić information content (AvgIpc) is 2.87. The summed E-state index contributed by atoms with van der Waals surface area (Å²) in [6.45, 7) is 6.78. The molecule has 4 nitrogen and oxygen atoms in total. The van der Waals surface area contributed by atoms with Crippen molar-refractivity contribution in [2.75, 3.05) is 6.54 Å². The summed E-state index contributed by atoms with van der Waals surface area (Å²) in [6, 6.07) is 16.0. The summed E-state index contributed by atoms with van der Waals surface area (Å²) in [7, 11) is 0. The Hall–Kier alpha value is -3.35. The zero-order valence-corrected chi connectivity index (χ0v) is 22.2. The highest BCUT2D eigenvalue weighted by Gasteiger charge is 2.28. The van der Waals surface area contributed by atoms with Crippen molar-refractivity contribution in [2.24, 2.45) is 0 Å². The van der Waals surface area contributed by atoms with Gasteiger partial charge in [0.2, 0.25) is 5.91 Å². The van der Waals surface area contributed by atoms with Gasteiger partial charge in [-0.05, 0) is 65.5 Å². The summed E-state index contributed by atoms with van der Waals surface area (Å²) < 4.78 is 44.6. The van der Waals surface area contributed by atoms with Crippen LogP contribution in [0.2, 0.25) is 0 Å². The van der Waals surface area contributed by atoms with Gasteiger partial charge >= 0.3 is 6.18 Å². The largest absolute Gasteiger partial charge is 0.486 e. The minimum atomic E-state index is -4.22. The SMILES string of the molecule is CC(C)(C)c1ccc(-c2ccc(OC(CCCC(F)(F)F)C3=CC=C(C(=O)NCCC=O)CC3)cc2)cc1.